The topological polar surface area (TPSA) is 47.8 Å². The summed E-state index contributed by atoms with van der Waals surface area (Å²) in [5.41, 5.74) is 2.11. The van der Waals surface area contributed by atoms with Crippen LogP contribution in [0.25, 0.3) is 0 Å². The first-order valence-electron chi connectivity index (χ1n) is 10.1. The Balaban J connectivity index is 1.48. The molecule has 0 N–H and O–H groups in total. The van der Waals surface area contributed by atoms with Gasteiger partial charge in [-0.3, -0.25) is 4.79 Å². The molecule has 0 radical (unpaired) electrons. The molecule has 3 fully saturated rings. The molecule has 1 heterocycles. The Hall–Kier alpha value is -1.45. The second kappa shape index (κ2) is 5.28. The first kappa shape index (κ1) is 15.8. The SMILES string of the molecule is C[C@]12CCC(=O)C=C1CCC1C2CC[C@@]2(C)C1CC[C@@H]2n1ccnn1. The van der Waals surface area contributed by atoms with Gasteiger partial charge in [-0.2, -0.15) is 0 Å². The summed E-state index contributed by atoms with van der Waals surface area (Å²) in [4.78, 5) is 11.9. The molecule has 0 aromatic carbocycles. The number of ketones is 1. The summed E-state index contributed by atoms with van der Waals surface area (Å²) in [6.45, 7) is 4.99. The van der Waals surface area contributed by atoms with Crippen LogP contribution in [0.4, 0.5) is 0 Å². The van der Waals surface area contributed by atoms with E-state index in [0.717, 1.165) is 37.0 Å². The summed E-state index contributed by atoms with van der Waals surface area (Å²) in [7, 11) is 0. The lowest BCUT2D eigenvalue weighted by molar-refractivity contribution is -0.117. The molecule has 3 unspecified atom stereocenters. The van der Waals surface area contributed by atoms with Crippen molar-refractivity contribution in [3.05, 3.63) is 24.0 Å². The molecule has 134 valence electrons. The van der Waals surface area contributed by atoms with Crippen LogP contribution in [-0.2, 0) is 4.79 Å². The summed E-state index contributed by atoms with van der Waals surface area (Å²) in [5.74, 6) is 2.76. The molecule has 4 aliphatic rings. The molecule has 0 spiro atoms. The van der Waals surface area contributed by atoms with Crippen LogP contribution < -0.4 is 0 Å². The van der Waals surface area contributed by atoms with Crippen molar-refractivity contribution in [2.24, 2.45) is 28.6 Å². The van der Waals surface area contributed by atoms with Gasteiger partial charge < -0.3 is 0 Å². The van der Waals surface area contributed by atoms with E-state index in [1.54, 1.807) is 0 Å². The standard InChI is InChI=1S/C21H29N3O/c1-20-9-7-15(25)13-14(20)3-4-16-17-5-6-19(24-12-11-22-23-24)21(17,2)10-8-18(16)20/h11-13,16-19H,3-10H2,1-2H3/t16?,17?,18?,19-,20-,21-/m0/s1. The highest BCUT2D eigenvalue weighted by atomic mass is 16.1. The van der Waals surface area contributed by atoms with E-state index in [9.17, 15) is 4.79 Å². The maximum atomic E-state index is 11.9. The quantitative estimate of drug-likeness (QED) is 0.764. The number of hydrogen-bond donors (Lipinski definition) is 0. The van der Waals surface area contributed by atoms with Crippen LogP contribution in [0.5, 0.6) is 0 Å². The zero-order valence-electron chi connectivity index (χ0n) is 15.4. The predicted molar refractivity (Wildman–Crippen MR) is 95.8 cm³/mol. The summed E-state index contributed by atoms with van der Waals surface area (Å²) in [6, 6.07) is 0.513. The predicted octanol–water partition coefficient (Wildman–Crippen LogP) is 4.35. The van der Waals surface area contributed by atoms with Crippen molar-refractivity contribution in [3.8, 4) is 0 Å². The minimum Gasteiger partial charge on any atom is -0.295 e. The van der Waals surface area contributed by atoms with Gasteiger partial charge in [0.2, 0.25) is 0 Å². The molecule has 5 rings (SSSR count). The number of aromatic nitrogens is 3. The summed E-state index contributed by atoms with van der Waals surface area (Å²) in [5, 5.41) is 8.41. The van der Waals surface area contributed by atoms with Crippen LogP contribution in [0.1, 0.15) is 71.3 Å². The van der Waals surface area contributed by atoms with Gasteiger partial charge in [-0.05, 0) is 79.6 Å². The van der Waals surface area contributed by atoms with Gasteiger partial charge in [0, 0.05) is 12.6 Å². The maximum absolute atomic E-state index is 11.9. The molecule has 0 amide bonds. The van der Waals surface area contributed by atoms with Gasteiger partial charge in [0.25, 0.3) is 0 Å². The van der Waals surface area contributed by atoms with E-state index in [4.69, 9.17) is 0 Å². The van der Waals surface area contributed by atoms with Crippen molar-refractivity contribution in [2.75, 3.05) is 0 Å². The van der Waals surface area contributed by atoms with Gasteiger partial charge in [-0.25, -0.2) is 4.68 Å². The van der Waals surface area contributed by atoms with Crippen LogP contribution in [0.3, 0.4) is 0 Å². The zero-order valence-corrected chi connectivity index (χ0v) is 15.4. The summed E-state index contributed by atoms with van der Waals surface area (Å²) < 4.78 is 2.13. The van der Waals surface area contributed by atoms with Crippen molar-refractivity contribution in [1.29, 1.82) is 0 Å². The molecule has 4 aliphatic carbocycles. The van der Waals surface area contributed by atoms with Gasteiger partial charge in [0.1, 0.15) is 0 Å². The van der Waals surface area contributed by atoms with Crippen LogP contribution in [-0.4, -0.2) is 20.8 Å². The molecule has 4 heteroatoms. The van der Waals surface area contributed by atoms with Gasteiger partial charge in [-0.1, -0.05) is 24.6 Å². The summed E-state index contributed by atoms with van der Waals surface area (Å²) in [6.07, 6.45) is 15.3. The van der Waals surface area contributed by atoms with Crippen LogP contribution in [0, 0.1) is 28.6 Å². The Morgan fingerprint density at radius 1 is 1.08 bits per heavy atom. The monoisotopic (exact) mass is 339 g/mol. The lowest BCUT2D eigenvalue weighted by atomic mass is 9.47. The number of fused-ring (bicyclic) bond motifs is 5. The van der Waals surface area contributed by atoms with Crippen LogP contribution >= 0.6 is 0 Å². The van der Waals surface area contributed by atoms with E-state index in [0.29, 0.717) is 17.2 Å². The third kappa shape index (κ3) is 2.09. The molecule has 0 bridgehead atoms. The number of allylic oxidation sites excluding steroid dienone is 1. The van der Waals surface area contributed by atoms with Crippen molar-refractivity contribution in [1.82, 2.24) is 15.0 Å². The lowest BCUT2D eigenvalue weighted by Crippen LogP contribution is -2.50. The Labute approximate surface area is 150 Å². The van der Waals surface area contributed by atoms with E-state index in [2.05, 4.69) is 35.0 Å². The van der Waals surface area contributed by atoms with E-state index in [-0.39, 0.29) is 5.41 Å². The molecule has 4 nitrogen and oxygen atoms in total. The Morgan fingerprint density at radius 2 is 1.96 bits per heavy atom. The summed E-state index contributed by atoms with van der Waals surface area (Å²) >= 11 is 0. The lowest BCUT2D eigenvalue weighted by Gasteiger charge is -2.58. The molecule has 3 saturated carbocycles. The second-order valence-electron chi connectivity index (χ2n) is 9.49. The first-order chi connectivity index (χ1) is 12.0. The Morgan fingerprint density at radius 3 is 2.76 bits per heavy atom. The van der Waals surface area contributed by atoms with E-state index < -0.39 is 0 Å². The minimum absolute atomic E-state index is 0.281. The number of nitrogens with zero attached hydrogens (tertiary/aromatic N) is 3. The molecule has 6 atom stereocenters. The van der Waals surface area contributed by atoms with Crippen LogP contribution in [0.15, 0.2) is 24.0 Å². The number of hydrogen-bond acceptors (Lipinski definition) is 3. The number of rotatable bonds is 1. The fraction of sp³-hybridized carbons (Fsp3) is 0.762. The average Bonchev–Trinajstić information content (AvgIpc) is 3.22. The molecule has 0 saturated heterocycles. The van der Waals surface area contributed by atoms with Crippen molar-refractivity contribution in [3.63, 3.8) is 0 Å². The smallest absolute Gasteiger partial charge is 0.155 e. The van der Waals surface area contributed by atoms with E-state index >= 15 is 0 Å². The second-order valence-corrected chi connectivity index (χ2v) is 9.49. The zero-order chi connectivity index (χ0) is 17.2. The van der Waals surface area contributed by atoms with E-state index in [1.165, 1.54) is 37.7 Å². The van der Waals surface area contributed by atoms with Crippen LogP contribution in [0.2, 0.25) is 0 Å². The van der Waals surface area contributed by atoms with Gasteiger partial charge in [0.05, 0.1) is 12.2 Å². The fourth-order valence-electron chi connectivity index (χ4n) is 7.35. The molecule has 25 heavy (non-hydrogen) atoms. The van der Waals surface area contributed by atoms with Crippen molar-refractivity contribution in [2.45, 2.75) is 71.3 Å². The maximum Gasteiger partial charge on any atom is 0.155 e. The average molecular weight is 339 g/mol. The Bertz CT molecular complexity index is 724. The molecule has 1 aromatic rings. The third-order valence-electron chi connectivity index (χ3n) is 8.67. The van der Waals surface area contributed by atoms with Crippen molar-refractivity contribution >= 4 is 5.78 Å². The van der Waals surface area contributed by atoms with Gasteiger partial charge >= 0.3 is 0 Å². The molecular weight excluding hydrogens is 310 g/mol. The van der Waals surface area contributed by atoms with Gasteiger partial charge in [0.15, 0.2) is 5.78 Å². The van der Waals surface area contributed by atoms with Gasteiger partial charge in [-0.15, -0.1) is 5.10 Å². The number of carbonyl (C=O) groups excluding carboxylic acids is 1. The third-order valence-corrected chi connectivity index (χ3v) is 8.67. The molecular formula is C21H29N3O. The minimum atomic E-state index is 0.281. The highest BCUT2D eigenvalue weighted by molar-refractivity contribution is 5.91. The molecule has 1 aromatic heterocycles. The van der Waals surface area contributed by atoms with Crippen molar-refractivity contribution < 1.29 is 4.79 Å². The first-order valence-corrected chi connectivity index (χ1v) is 10.1. The Kier molecular flexibility index (Phi) is 3.33. The normalized spacial score (nSPS) is 46.2. The highest BCUT2D eigenvalue weighted by Crippen LogP contribution is 2.67. The fourth-order valence-corrected chi connectivity index (χ4v) is 7.35. The number of carbonyl (C=O) groups is 1. The largest absolute Gasteiger partial charge is 0.295 e. The van der Waals surface area contributed by atoms with E-state index in [1.807, 2.05) is 12.3 Å². The molecule has 0 aliphatic heterocycles. The highest BCUT2D eigenvalue weighted by Gasteiger charge is 2.59.